The molecule has 9 heteroatoms. The molecular weight excluding hydrogens is 496 g/mol. The summed E-state index contributed by atoms with van der Waals surface area (Å²) in [5, 5.41) is 2.52. The summed E-state index contributed by atoms with van der Waals surface area (Å²) in [6, 6.07) is 24.3. The molecule has 0 bridgehead atoms. The summed E-state index contributed by atoms with van der Waals surface area (Å²) >= 11 is 0. The molecule has 0 spiro atoms. The number of amides is 1. The van der Waals surface area contributed by atoms with E-state index < -0.39 is 29.7 Å². The van der Waals surface area contributed by atoms with Crippen LogP contribution in [0.2, 0.25) is 0 Å². The lowest BCUT2D eigenvalue weighted by Crippen LogP contribution is -2.52. The third kappa shape index (κ3) is 9.69. The Morgan fingerprint density at radius 3 is 1.95 bits per heavy atom. The van der Waals surface area contributed by atoms with E-state index in [1.165, 1.54) is 0 Å². The number of carbonyl (C=O) groups excluding carboxylic acids is 3. The first-order chi connectivity index (χ1) is 17.5. The van der Waals surface area contributed by atoms with E-state index in [-0.39, 0.29) is 32.0 Å². The second kappa shape index (κ2) is 15.4. The molecule has 0 radical (unpaired) electrons. The van der Waals surface area contributed by atoms with Gasteiger partial charge < -0.3 is 25.3 Å². The average molecular weight is 527 g/mol. The molecule has 3 aromatic rings. The second-order valence-electron chi connectivity index (χ2n) is 8.15. The molecule has 3 N–H and O–H groups in total. The number of nitrogens with two attached hydrogens (primary N) is 1. The van der Waals surface area contributed by atoms with Crippen LogP contribution in [0.3, 0.4) is 0 Å². The minimum atomic E-state index is -1.21. The molecule has 8 nitrogen and oxygen atoms in total. The highest BCUT2D eigenvalue weighted by atomic mass is 35.5. The standard InChI is InChI=1S/C28H30N2O6.ClH/c1-34-28(33)26(31)25(19-35-17-21-8-4-2-5-9-21)30-27(32)24(29)16-20-12-14-23(15-13-20)36-18-22-10-6-3-7-11-22;/h2-15,24-25H,16-19,29H2,1H3,(H,30,32);1H/t24-,25-;/m0./s1. The molecule has 196 valence electrons. The lowest BCUT2D eigenvalue weighted by Gasteiger charge is -2.19. The van der Waals surface area contributed by atoms with E-state index in [9.17, 15) is 14.4 Å². The normalized spacial score (nSPS) is 11.9. The number of esters is 1. The van der Waals surface area contributed by atoms with Crippen LogP contribution in [-0.2, 0) is 43.5 Å². The van der Waals surface area contributed by atoms with Crippen molar-refractivity contribution in [3.63, 3.8) is 0 Å². The molecule has 0 aliphatic heterocycles. The zero-order chi connectivity index (χ0) is 25.8. The molecule has 0 aliphatic rings. The third-order valence-electron chi connectivity index (χ3n) is 5.38. The van der Waals surface area contributed by atoms with E-state index in [4.69, 9.17) is 15.2 Å². The maximum atomic E-state index is 12.7. The van der Waals surface area contributed by atoms with Gasteiger partial charge in [0.05, 0.1) is 26.4 Å². The Morgan fingerprint density at radius 2 is 1.38 bits per heavy atom. The van der Waals surface area contributed by atoms with Gasteiger partial charge in [0, 0.05) is 0 Å². The van der Waals surface area contributed by atoms with Gasteiger partial charge in [0.2, 0.25) is 5.91 Å². The molecule has 0 aromatic heterocycles. The van der Waals surface area contributed by atoms with Crippen LogP contribution >= 0.6 is 12.4 Å². The van der Waals surface area contributed by atoms with E-state index in [1.54, 1.807) is 0 Å². The molecule has 0 unspecified atom stereocenters. The topological polar surface area (TPSA) is 117 Å². The van der Waals surface area contributed by atoms with Gasteiger partial charge in [0.1, 0.15) is 18.4 Å². The van der Waals surface area contributed by atoms with E-state index in [2.05, 4.69) is 10.1 Å². The molecule has 2 atom stereocenters. The number of Topliss-reactive ketones (excluding diaryl/α,β-unsaturated/α-hetero) is 1. The van der Waals surface area contributed by atoms with Crippen LogP contribution in [0.4, 0.5) is 0 Å². The Bertz CT molecular complexity index is 1130. The van der Waals surface area contributed by atoms with Crippen molar-refractivity contribution in [3.05, 3.63) is 102 Å². The van der Waals surface area contributed by atoms with Crippen molar-refractivity contribution in [2.75, 3.05) is 13.7 Å². The van der Waals surface area contributed by atoms with Crippen LogP contribution in [0.15, 0.2) is 84.9 Å². The Labute approximate surface area is 222 Å². The van der Waals surface area contributed by atoms with Crippen molar-refractivity contribution < 1.29 is 28.6 Å². The van der Waals surface area contributed by atoms with E-state index in [0.29, 0.717) is 12.4 Å². The summed E-state index contributed by atoms with van der Waals surface area (Å²) in [7, 11) is 1.10. The summed E-state index contributed by atoms with van der Waals surface area (Å²) in [5.41, 5.74) is 8.86. The van der Waals surface area contributed by atoms with E-state index in [0.717, 1.165) is 23.8 Å². The number of rotatable bonds is 13. The summed E-state index contributed by atoms with van der Waals surface area (Å²) < 4.78 is 15.9. The van der Waals surface area contributed by atoms with Gasteiger partial charge in [-0.3, -0.25) is 9.59 Å². The highest BCUT2D eigenvalue weighted by Gasteiger charge is 2.29. The van der Waals surface area contributed by atoms with Crippen LogP contribution < -0.4 is 15.8 Å². The number of benzene rings is 3. The first-order valence-corrected chi connectivity index (χ1v) is 11.5. The van der Waals surface area contributed by atoms with Crippen molar-refractivity contribution in [1.82, 2.24) is 5.32 Å². The molecule has 0 saturated carbocycles. The lowest BCUT2D eigenvalue weighted by molar-refractivity contribution is -0.153. The van der Waals surface area contributed by atoms with Crippen LogP contribution in [0, 0.1) is 0 Å². The number of nitrogens with one attached hydrogen (secondary N) is 1. The van der Waals surface area contributed by atoms with E-state index in [1.807, 2.05) is 84.9 Å². The fourth-order valence-electron chi connectivity index (χ4n) is 3.38. The van der Waals surface area contributed by atoms with Gasteiger partial charge >= 0.3 is 5.97 Å². The zero-order valence-electron chi connectivity index (χ0n) is 20.5. The molecule has 0 heterocycles. The molecule has 3 rings (SSSR count). The first kappa shape index (κ1) is 29.5. The number of ketones is 1. The molecule has 0 aliphatic carbocycles. The minimum absolute atomic E-state index is 0. The highest BCUT2D eigenvalue weighted by Crippen LogP contribution is 2.15. The Balaban J connectivity index is 0.00000481. The monoisotopic (exact) mass is 526 g/mol. The summed E-state index contributed by atoms with van der Waals surface area (Å²) in [4.78, 5) is 36.9. The second-order valence-corrected chi connectivity index (χ2v) is 8.15. The Morgan fingerprint density at radius 1 is 0.811 bits per heavy atom. The van der Waals surface area contributed by atoms with Crippen LogP contribution in [0.5, 0.6) is 5.75 Å². The van der Waals surface area contributed by atoms with Crippen molar-refractivity contribution >= 4 is 30.1 Å². The van der Waals surface area contributed by atoms with Gasteiger partial charge in [-0.2, -0.15) is 0 Å². The van der Waals surface area contributed by atoms with Crippen molar-refractivity contribution in [2.45, 2.75) is 31.7 Å². The van der Waals surface area contributed by atoms with Gasteiger partial charge in [0.15, 0.2) is 0 Å². The van der Waals surface area contributed by atoms with Gasteiger partial charge in [-0.1, -0.05) is 72.8 Å². The average Bonchev–Trinajstić information content (AvgIpc) is 2.92. The molecule has 0 saturated heterocycles. The molecule has 0 fully saturated rings. The lowest BCUT2D eigenvalue weighted by atomic mass is 10.0. The molecule has 1 amide bonds. The van der Waals surface area contributed by atoms with Crippen molar-refractivity contribution in [2.24, 2.45) is 5.73 Å². The number of carbonyl (C=O) groups is 3. The molecular formula is C28H31ClN2O6. The predicted molar refractivity (Wildman–Crippen MR) is 141 cm³/mol. The summed E-state index contributed by atoms with van der Waals surface area (Å²) in [6.45, 7) is 0.463. The van der Waals surface area contributed by atoms with Gasteiger partial charge in [-0.25, -0.2) is 4.79 Å². The Hall–Kier alpha value is -3.72. The number of hydrogen-bond donors (Lipinski definition) is 2. The maximum absolute atomic E-state index is 12.7. The smallest absolute Gasteiger partial charge is 0.376 e. The van der Waals surface area contributed by atoms with E-state index >= 15 is 0 Å². The predicted octanol–water partition coefficient (Wildman–Crippen LogP) is 3.00. The molecule has 37 heavy (non-hydrogen) atoms. The maximum Gasteiger partial charge on any atom is 0.376 e. The third-order valence-corrected chi connectivity index (χ3v) is 5.38. The quantitative estimate of drug-likeness (QED) is 0.260. The van der Waals surface area contributed by atoms with Crippen LogP contribution in [0.1, 0.15) is 16.7 Å². The summed E-state index contributed by atoms with van der Waals surface area (Å²) in [5.74, 6) is -1.86. The van der Waals surface area contributed by atoms with Gasteiger partial charge in [0.25, 0.3) is 5.78 Å². The largest absolute Gasteiger partial charge is 0.489 e. The van der Waals surface area contributed by atoms with Crippen LogP contribution in [0.25, 0.3) is 0 Å². The Kier molecular flexibility index (Phi) is 12.3. The molecule has 3 aromatic carbocycles. The minimum Gasteiger partial charge on any atom is -0.489 e. The fraction of sp³-hybridized carbons (Fsp3) is 0.250. The van der Waals surface area contributed by atoms with Crippen LogP contribution in [-0.4, -0.2) is 43.5 Å². The number of methoxy groups -OCH3 is 1. The van der Waals surface area contributed by atoms with Gasteiger partial charge in [-0.05, 0) is 35.2 Å². The van der Waals surface area contributed by atoms with Crippen molar-refractivity contribution in [1.29, 1.82) is 0 Å². The number of hydrogen-bond acceptors (Lipinski definition) is 7. The fourth-order valence-corrected chi connectivity index (χ4v) is 3.38. The zero-order valence-corrected chi connectivity index (χ0v) is 21.3. The van der Waals surface area contributed by atoms with Crippen molar-refractivity contribution in [3.8, 4) is 5.75 Å². The van der Waals surface area contributed by atoms with Gasteiger partial charge in [-0.15, -0.1) is 12.4 Å². The first-order valence-electron chi connectivity index (χ1n) is 11.5. The number of ether oxygens (including phenoxy) is 3. The summed E-state index contributed by atoms with van der Waals surface area (Å²) in [6.07, 6.45) is 0.231. The number of halogens is 1. The SMILES string of the molecule is COC(=O)C(=O)[C@H](COCc1ccccc1)NC(=O)[C@@H](N)Cc1ccc(OCc2ccccc2)cc1.Cl. The highest BCUT2D eigenvalue weighted by molar-refractivity contribution is 6.36.